The van der Waals surface area contributed by atoms with Crippen molar-refractivity contribution < 1.29 is 14.3 Å². The molecule has 1 atom stereocenters. The summed E-state index contributed by atoms with van der Waals surface area (Å²) in [4.78, 5) is 21.7. The Hall–Kier alpha value is -2.85. The van der Waals surface area contributed by atoms with Gasteiger partial charge in [-0.3, -0.25) is 4.98 Å². The van der Waals surface area contributed by atoms with Crippen LogP contribution in [0.2, 0.25) is 0 Å². The van der Waals surface area contributed by atoms with Gasteiger partial charge in [0.25, 0.3) is 0 Å². The number of methoxy groups -OCH3 is 1. The van der Waals surface area contributed by atoms with E-state index in [0.29, 0.717) is 33.9 Å². The highest BCUT2D eigenvalue weighted by atomic mass is 79.9. The fourth-order valence-electron chi connectivity index (χ4n) is 3.46. The molecule has 0 bridgehead atoms. The number of ether oxygens (including phenoxy) is 2. The van der Waals surface area contributed by atoms with Crippen molar-refractivity contribution in [3.8, 4) is 5.75 Å². The Balaban J connectivity index is 1.73. The summed E-state index contributed by atoms with van der Waals surface area (Å²) in [6.45, 7) is 3.92. The van der Waals surface area contributed by atoms with Crippen molar-refractivity contribution in [3.63, 3.8) is 0 Å². The Morgan fingerprint density at radius 2 is 2.19 bits per heavy atom. The number of anilines is 1. The molecule has 1 N–H and O–H groups in total. The van der Waals surface area contributed by atoms with Crippen molar-refractivity contribution in [1.29, 1.82) is 0 Å². The number of hydrogen-bond acceptors (Lipinski definition) is 8. The number of carbonyl (C=O) groups excluding carboxylic acids is 1. The van der Waals surface area contributed by atoms with Gasteiger partial charge in [-0.05, 0) is 59.1 Å². The summed E-state index contributed by atoms with van der Waals surface area (Å²) in [6.07, 6.45) is 3.57. The molecule has 8 nitrogen and oxygen atoms in total. The quantitative estimate of drug-likeness (QED) is 0.360. The Morgan fingerprint density at radius 3 is 2.88 bits per heavy atom. The Bertz CT molecular complexity index is 1170. The number of carbonyl (C=O) groups is 1. The number of nitrogens with one attached hydrogen (secondary N) is 1. The van der Waals surface area contributed by atoms with E-state index in [9.17, 15) is 4.79 Å². The fourth-order valence-corrected chi connectivity index (χ4v) is 4.78. The molecule has 0 aliphatic carbocycles. The lowest BCUT2D eigenvalue weighted by atomic mass is 9.96. The first-order valence-corrected chi connectivity index (χ1v) is 11.8. The number of aromatic nitrogens is 4. The Morgan fingerprint density at radius 1 is 1.34 bits per heavy atom. The summed E-state index contributed by atoms with van der Waals surface area (Å²) in [5.74, 6) is 1.57. The highest BCUT2D eigenvalue weighted by Crippen LogP contribution is 2.39. The molecule has 0 spiro atoms. The van der Waals surface area contributed by atoms with Crippen molar-refractivity contribution in [3.05, 3.63) is 69.6 Å². The SMILES string of the molecule is CCOC(=O)C1=C(C)Nc2nc(SCc3cccnc3)nn2[C@H]1c1ccc(OC)c(Br)c1. The molecule has 0 saturated carbocycles. The summed E-state index contributed by atoms with van der Waals surface area (Å²) in [5.41, 5.74) is 3.11. The lowest BCUT2D eigenvalue weighted by molar-refractivity contribution is -0.139. The number of allylic oxidation sites excluding steroid dienone is 1. The van der Waals surface area contributed by atoms with Crippen LogP contribution in [0.3, 0.4) is 0 Å². The van der Waals surface area contributed by atoms with E-state index < -0.39 is 6.04 Å². The van der Waals surface area contributed by atoms with Crippen molar-refractivity contribution in [2.75, 3.05) is 19.0 Å². The summed E-state index contributed by atoms with van der Waals surface area (Å²) in [6, 6.07) is 9.12. The van der Waals surface area contributed by atoms with Gasteiger partial charge in [-0.2, -0.15) is 4.98 Å². The third kappa shape index (κ3) is 4.51. The molecule has 1 aliphatic heterocycles. The van der Waals surface area contributed by atoms with E-state index in [2.05, 4.69) is 31.2 Å². The summed E-state index contributed by atoms with van der Waals surface area (Å²) >= 11 is 5.05. The van der Waals surface area contributed by atoms with Crippen molar-refractivity contribution in [2.24, 2.45) is 0 Å². The number of fused-ring (bicyclic) bond motifs is 1. The van der Waals surface area contributed by atoms with Gasteiger partial charge < -0.3 is 14.8 Å². The lowest BCUT2D eigenvalue weighted by Crippen LogP contribution is -2.29. The average molecular weight is 516 g/mol. The minimum absolute atomic E-state index is 0.283. The van der Waals surface area contributed by atoms with Gasteiger partial charge in [0.1, 0.15) is 11.8 Å². The largest absolute Gasteiger partial charge is 0.496 e. The molecule has 2 aromatic heterocycles. The van der Waals surface area contributed by atoms with Gasteiger partial charge in [-0.15, -0.1) is 5.10 Å². The van der Waals surface area contributed by atoms with Crippen LogP contribution in [0.15, 0.2) is 63.6 Å². The first kappa shape index (κ1) is 22.3. The maximum Gasteiger partial charge on any atom is 0.338 e. The fraction of sp³-hybridized carbons (Fsp3) is 0.273. The maximum absolute atomic E-state index is 12.9. The van der Waals surface area contributed by atoms with Gasteiger partial charge >= 0.3 is 5.97 Å². The van der Waals surface area contributed by atoms with Gasteiger partial charge in [0, 0.05) is 23.8 Å². The van der Waals surface area contributed by atoms with E-state index >= 15 is 0 Å². The zero-order valence-corrected chi connectivity index (χ0v) is 20.2. The molecular weight excluding hydrogens is 494 g/mol. The van der Waals surface area contributed by atoms with Gasteiger partial charge in [0.15, 0.2) is 0 Å². The monoisotopic (exact) mass is 515 g/mol. The predicted molar refractivity (Wildman–Crippen MR) is 126 cm³/mol. The van der Waals surface area contributed by atoms with Crippen molar-refractivity contribution in [2.45, 2.75) is 30.8 Å². The van der Waals surface area contributed by atoms with Gasteiger partial charge in [0.05, 0.1) is 23.8 Å². The number of benzene rings is 1. The molecule has 0 amide bonds. The van der Waals surface area contributed by atoms with E-state index in [1.54, 1.807) is 24.9 Å². The number of thioether (sulfide) groups is 1. The molecule has 166 valence electrons. The molecule has 10 heteroatoms. The number of nitrogens with zero attached hydrogens (tertiary/aromatic N) is 4. The van der Waals surface area contributed by atoms with Crippen LogP contribution in [-0.2, 0) is 15.3 Å². The van der Waals surface area contributed by atoms with E-state index in [-0.39, 0.29) is 12.6 Å². The van der Waals surface area contributed by atoms with E-state index in [4.69, 9.17) is 14.6 Å². The second-order valence-electron chi connectivity index (χ2n) is 6.99. The second-order valence-corrected chi connectivity index (χ2v) is 8.79. The minimum Gasteiger partial charge on any atom is -0.496 e. The topological polar surface area (TPSA) is 91.2 Å². The number of hydrogen-bond donors (Lipinski definition) is 1. The van der Waals surface area contributed by atoms with Crippen LogP contribution in [-0.4, -0.2) is 39.4 Å². The van der Waals surface area contributed by atoms with Crippen LogP contribution in [0, 0.1) is 0 Å². The van der Waals surface area contributed by atoms with E-state index in [1.807, 2.05) is 43.5 Å². The van der Waals surface area contributed by atoms with Crippen LogP contribution < -0.4 is 10.1 Å². The van der Waals surface area contributed by atoms with Gasteiger partial charge in [-0.1, -0.05) is 23.9 Å². The predicted octanol–water partition coefficient (Wildman–Crippen LogP) is 4.59. The molecule has 0 fully saturated rings. The van der Waals surface area contributed by atoms with E-state index in [0.717, 1.165) is 15.6 Å². The molecule has 1 aliphatic rings. The molecule has 4 rings (SSSR count). The number of pyridine rings is 1. The molecule has 0 saturated heterocycles. The normalized spacial score (nSPS) is 15.2. The van der Waals surface area contributed by atoms with Gasteiger partial charge in [0.2, 0.25) is 11.1 Å². The molecule has 1 aromatic carbocycles. The number of esters is 1. The zero-order valence-electron chi connectivity index (χ0n) is 17.8. The first-order chi connectivity index (χ1) is 15.5. The number of halogens is 1. The first-order valence-electron chi connectivity index (χ1n) is 9.98. The maximum atomic E-state index is 12.9. The van der Waals surface area contributed by atoms with Crippen LogP contribution in [0.4, 0.5) is 5.95 Å². The average Bonchev–Trinajstić information content (AvgIpc) is 3.20. The lowest BCUT2D eigenvalue weighted by Gasteiger charge is -2.28. The summed E-state index contributed by atoms with van der Waals surface area (Å²) in [5, 5.41) is 8.53. The molecule has 0 radical (unpaired) electrons. The second kappa shape index (κ2) is 9.74. The van der Waals surface area contributed by atoms with Crippen molar-refractivity contribution in [1.82, 2.24) is 19.7 Å². The zero-order chi connectivity index (χ0) is 22.7. The standard InChI is InChI=1S/C22H22BrN5O3S/c1-4-31-20(29)18-13(2)25-21-26-22(32-12-14-6-5-9-24-11-14)27-28(21)19(18)15-7-8-17(30-3)16(23)10-15/h5-11,19H,4,12H2,1-3H3,(H,25,26,27)/t19-/m0/s1. The van der Waals surface area contributed by atoms with Gasteiger partial charge in [-0.25, -0.2) is 9.48 Å². The highest BCUT2D eigenvalue weighted by Gasteiger charge is 2.35. The van der Waals surface area contributed by atoms with Crippen LogP contribution in [0.1, 0.15) is 31.0 Å². The molecule has 3 aromatic rings. The summed E-state index contributed by atoms with van der Waals surface area (Å²) < 4.78 is 13.2. The highest BCUT2D eigenvalue weighted by molar-refractivity contribution is 9.10. The van der Waals surface area contributed by atoms with E-state index in [1.165, 1.54) is 11.8 Å². The number of rotatable bonds is 7. The van der Waals surface area contributed by atoms with Crippen molar-refractivity contribution >= 4 is 39.6 Å². The molecule has 3 heterocycles. The minimum atomic E-state index is -0.493. The smallest absolute Gasteiger partial charge is 0.338 e. The Labute approximate surface area is 198 Å². The Kier molecular flexibility index (Phi) is 6.80. The molecule has 32 heavy (non-hydrogen) atoms. The van der Waals surface area contributed by atoms with Crippen LogP contribution >= 0.6 is 27.7 Å². The van der Waals surface area contributed by atoms with Crippen LogP contribution in [0.25, 0.3) is 0 Å². The molecule has 0 unspecified atom stereocenters. The third-order valence-corrected chi connectivity index (χ3v) is 6.44. The third-order valence-electron chi connectivity index (χ3n) is 4.91. The summed E-state index contributed by atoms with van der Waals surface area (Å²) in [7, 11) is 1.61. The van der Waals surface area contributed by atoms with Crippen LogP contribution in [0.5, 0.6) is 5.75 Å². The molecular formula is C22H22BrN5O3S.